The summed E-state index contributed by atoms with van der Waals surface area (Å²) in [7, 11) is 1.56. The van der Waals surface area contributed by atoms with Crippen LogP contribution in [0, 0.1) is 18.3 Å². The molecule has 0 radical (unpaired) electrons. The van der Waals surface area contributed by atoms with Crippen molar-refractivity contribution in [3.63, 3.8) is 0 Å². The lowest BCUT2D eigenvalue weighted by Gasteiger charge is -2.10. The zero-order valence-electron chi connectivity index (χ0n) is 15.1. The Morgan fingerprint density at radius 2 is 1.89 bits per heavy atom. The van der Waals surface area contributed by atoms with Crippen molar-refractivity contribution in [3.8, 4) is 17.5 Å². The van der Waals surface area contributed by atoms with E-state index < -0.39 is 5.91 Å². The molecule has 0 bridgehead atoms. The first-order chi connectivity index (χ1) is 13.1. The van der Waals surface area contributed by atoms with E-state index in [9.17, 15) is 10.1 Å². The van der Waals surface area contributed by atoms with E-state index in [1.54, 1.807) is 37.5 Å². The van der Waals surface area contributed by atoms with Gasteiger partial charge in [0, 0.05) is 28.8 Å². The van der Waals surface area contributed by atoms with E-state index in [1.165, 1.54) is 0 Å². The summed E-state index contributed by atoms with van der Waals surface area (Å²) in [5.74, 6) is 0.160. The SMILES string of the molecule is COc1cccc(NC(=O)/C(C#N)=C\c2ccc(C)n2-c2ccccc2)c1. The Balaban J connectivity index is 1.91. The van der Waals surface area contributed by atoms with Crippen molar-refractivity contribution < 1.29 is 9.53 Å². The van der Waals surface area contributed by atoms with Gasteiger partial charge in [0.15, 0.2) is 0 Å². The number of nitriles is 1. The molecule has 0 atom stereocenters. The summed E-state index contributed by atoms with van der Waals surface area (Å²) in [6.07, 6.45) is 1.59. The highest BCUT2D eigenvalue weighted by molar-refractivity contribution is 6.09. The quantitative estimate of drug-likeness (QED) is 0.545. The molecule has 5 nitrogen and oxygen atoms in total. The lowest BCUT2D eigenvalue weighted by atomic mass is 10.2. The third-order valence-electron chi connectivity index (χ3n) is 4.11. The van der Waals surface area contributed by atoms with Crippen LogP contribution in [0.25, 0.3) is 11.8 Å². The van der Waals surface area contributed by atoms with E-state index in [-0.39, 0.29) is 5.57 Å². The van der Waals surface area contributed by atoms with Crippen LogP contribution in [0.15, 0.2) is 72.3 Å². The first-order valence-corrected chi connectivity index (χ1v) is 8.43. The number of benzene rings is 2. The number of methoxy groups -OCH3 is 1. The van der Waals surface area contributed by atoms with Gasteiger partial charge in [-0.1, -0.05) is 24.3 Å². The summed E-state index contributed by atoms with van der Waals surface area (Å²) >= 11 is 0. The van der Waals surface area contributed by atoms with Crippen LogP contribution in [0.3, 0.4) is 0 Å². The maximum Gasteiger partial charge on any atom is 0.266 e. The van der Waals surface area contributed by atoms with E-state index in [0.717, 1.165) is 17.1 Å². The molecule has 3 aromatic rings. The Labute approximate surface area is 158 Å². The topological polar surface area (TPSA) is 67.0 Å². The van der Waals surface area contributed by atoms with Gasteiger partial charge >= 0.3 is 0 Å². The van der Waals surface area contributed by atoms with Gasteiger partial charge in [0.1, 0.15) is 17.4 Å². The molecule has 0 unspecified atom stereocenters. The van der Waals surface area contributed by atoms with Gasteiger partial charge in [0.2, 0.25) is 0 Å². The van der Waals surface area contributed by atoms with Gasteiger partial charge in [-0.25, -0.2) is 0 Å². The summed E-state index contributed by atoms with van der Waals surface area (Å²) in [5, 5.41) is 12.2. The predicted molar refractivity (Wildman–Crippen MR) is 106 cm³/mol. The number of carbonyl (C=O) groups is 1. The van der Waals surface area contributed by atoms with Crippen LogP contribution < -0.4 is 10.1 Å². The third-order valence-corrected chi connectivity index (χ3v) is 4.11. The maximum atomic E-state index is 12.6. The zero-order valence-corrected chi connectivity index (χ0v) is 15.1. The molecule has 0 spiro atoms. The lowest BCUT2D eigenvalue weighted by Crippen LogP contribution is -2.13. The van der Waals surface area contributed by atoms with E-state index in [4.69, 9.17) is 4.74 Å². The van der Waals surface area contributed by atoms with Crippen molar-refractivity contribution in [1.82, 2.24) is 4.57 Å². The second-order valence-electron chi connectivity index (χ2n) is 5.93. The number of hydrogen-bond acceptors (Lipinski definition) is 3. The summed E-state index contributed by atoms with van der Waals surface area (Å²) in [5.41, 5.74) is 3.33. The minimum Gasteiger partial charge on any atom is -0.497 e. The molecule has 1 N–H and O–H groups in total. The van der Waals surface area contributed by atoms with Gasteiger partial charge in [-0.2, -0.15) is 5.26 Å². The van der Waals surface area contributed by atoms with E-state index in [2.05, 4.69) is 5.32 Å². The van der Waals surface area contributed by atoms with Crippen molar-refractivity contribution in [1.29, 1.82) is 5.26 Å². The number of nitrogens with zero attached hydrogens (tertiary/aromatic N) is 2. The number of amides is 1. The molecule has 5 heteroatoms. The van der Waals surface area contributed by atoms with Crippen LogP contribution in [0.2, 0.25) is 0 Å². The molecule has 0 fully saturated rings. The van der Waals surface area contributed by atoms with Gasteiger partial charge in [0.25, 0.3) is 5.91 Å². The number of aryl methyl sites for hydroxylation is 1. The summed E-state index contributed by atoms with van der Waals surface area (Å²) < 4.78 is 7.15. The van der Waals surface area contributed by atoms with Crippen molar-refractivity contribution >= 4 is 17.7 Å². The van der Waals surface area contributed by atoms with E-state index in [0.29, 0.717) is 11.4 Å². The number of nitrogens with one attached hydrogen (secondary N) is 1. The molecule has 1 amide bonds. The van der Waals surface area contributed by atoms with E-state index >= 15 is 0 Å². The first kappa shape index (κ1) is 18.0. The Kier molecular flexibility index (Phi) is 5.38. The largest absolute Gasteiger partial charge is 0.497 e. The number of rotatable bonds is 5. The molecule has 27 heavy (non-hydrogen) atoms. The molecule has 1 aromatic heterocycles. The minimum absolute atomic E-state index is 0.0214. The number of para-hydroxylation sites is 1. The van der Waals surface area contributed by atoms with Gasteiger partial charge in [0.05, 0.1) is 7.11 Å². The molecule has 0 saturated carbocycles. The number of hydrogen-bond donors (Lipinski definition) is 1. The van der Waals surface area contributed by atoms with Crippen molar-refractivity contribution in [2.24, 2.45) is 0 Å². The molecule has 1 heterocycles. The predicted octanol–water partition coefficient (Wildman–Crippen LogP) is 4.34. The third kappa shape index (κ3) is 4.07. The summed E-state index contributed by atoms with van der Waals surface area (Å²) in [6, 6.07) is 22.6. The fourth-order valence-electron chi connectivity index (χ4n) is 2.80. The molecular weight excluding hydrogens is 338 g/mol. The molecule has 134 valence electrons. The molecule has 2 aromatic carbocycles. The molecule has 0 aliphatic heterocycles. The smallest absolute Gasteiger partial charge is 0.266 e. The number of anilines is 1. The summed E-state index contributed by atoms with van der Waals surface area (Å²) in [4.78, 5) is 12.6. The molecule has 3 rings (SSSR count). The maximum absolute atomic E-state index is 12.6. The van der Waals surface area contributed by atoms with Gasteiger partial charge in [-0.05, 0) is 49.4 Å². The normalized spacial score (nSPS) is 10.9. The molecule has 0 saturated heterocycles. The van der Waals surface area contributed by atoms with Crippen molar-refractivity contribution in [3.05, 3.63) is 83.7 Å². The second-order valence-corrected chi connectivity index (χ2v) is 5.93. The average Bonchev–Trinajstić information content (AvgIpc) is 3.06. The Morgan fingerprint density at radius 3 is 2.59 bits per heavy atom. The Morgan fingerprint density at radius 1 is 1.11 bits per heavy atom. The van der Waals surface area contributed by atoms with E-state index in [1.807, 2.05) is 60.0 Å². The van der Waals surface area contributed by atoms with Gasteiger partial charge < -0.3 is 14.6 Å². The number of aromatic nitrogens is 1. The fourth-order valence-corrected chi connectivity index (χ4v) is 2.80. The number of carbonyl (C=O) groups excluding carboxylic acids is 1. The van der Waals surface area contributed by atoms with Crippen LogP contribution in [-0.4, -0.2) is 17.6 Å². The molecule has 0 aliphatic carbocycles. The monoisotopic (exact) mass is 357 g/mol. The van der Waals surface area contributed by atoms with Crippen LogP contribution in [0.1, 0.15) is 11.4 Å². The zero-order chi connectivity index (χ0) is 19.2. The van der Waals surface area contributed by atoms with Crippen molar-refractivity contribution in [2.75, 3.05) is 12.4 Å². The van der Waals surface area contributed by atoms with Crippen LogP contribution in [0.4, 0.5) is 5.69 Å². The van der Waals surface area contributed by atoms with Crippen LogP contribution in [-0.2, 0) is 4.79 Å². The summed E-state index contributed by atoms with van der Waals surface area (Å²) in [6.45, 7) is 1.98. The Hall–Kier alpha value is -3.78. The second kappa shape index (κ2) is 8.07. The highest BCUT2D eigenvalue weighted by Gasteiger charge is 2.13. The number of ether oxygens (including phenoxy) is 1. The minimum atomic E-state index is -0.468. The highest BCUT2D eigenvalue weighted by atomic mass is 16.5. The molecule has 0 aliphatic rings. The standard InChI is InChI=1S/C22H19N3O2/c1-16-11-12-20(25(16)19-8-4-3-5-9-19)13-17(15-23)22(26)24-18-7-6-10-21(14-18)27-2/h3-14H,1-2H3,(H,24,26)/b17-13-. The van der Waals surface area contributed by atoms with Gasteiger partial charge in [-0.3, -0.25) is 4.79 Å². The highest BCUT2D eigenvalue weighted by Crippen LogP contribution is 2.21. The average molecular weight is 357 g/mol. The Bertz CT molecular complexity index is 1030. The van der Waals surface area contributed by atoms with Crippen LogP contribution in [0.5, 0.6) is 5.75 Å². The molecular formula is C22H19N3O2. The first-order valence-electron chi connectivity index (χ1n) is 8.43. The van der Waals surface area contributed by atoms with Crippen LogP contribution >= 0.6 is 0 Å². The van der Waals surface area contributed by atoms with Gasteiger partial charge in [-0.15, -0.1) is 0 Å². The van der Waals surface area contributed by atoms with Crippen molar-refractivity contribution in [2.45, 2.75) is 6.92 Å². The fraction of sp³-hybridized carbons (Fsp3) is 0.0909. The lowest BCUT2D eigenvalue weighted by molar-refractivity contribution is -0.112.